The first kappa shape index (κ1) is 60.5. The standard InChI is InChI=1S/C34H42N4O2.C13H27N.C12H15ClN2O2.C2H6/c1-22(24(3)38-17-14-28(15-18-38)27-9-7-26(8-10-27)25(4)39)19-31-23(2)35-16-13-30(31)29-11-12-32-33(20-29)37(5)34(36-32)21-40-6;1-3-8-13(9-4-2)12-14-10-6-5-7-11-14;1-8-4-5-9(7-10(8)13)15-11(12(14)17)3-2-6-16;1-2/h7-13,16,19-20,24,28,34,36H,14-15,17-18,21H2,1-6H3;13H,3-12H2,1-2H3;4-7,11,15H,2-3H2,1H3,(H2,14,17);1-2H3/b22-19+;;;. The SMILES string of the molecule is CC.CCCC(CCC)CN1CCCCC1.COCC1Nc2ccc(-c3ccnc(C)c3/C=C(\C)C(C)N3CCC(c4ccc(C(C)=O)cc4)CC3)cc2N1C.Cc1ccc(NC(CCC=O)C(N)=O)cc1Cl. The number of hydrogen-bond donors (Lipinski definition) is 3. The number of amides is 1. The first-order chi connectivity index (χ1) is 35.2. The second-order valence-corrected chi connectivity index (χ2v) is 20.4. The van der Waals surface area contributed by atoms with Crippen molar-refractivity contribution in [3.05, 3.63) is 111 Å². The van der Waals surface area contributed by atoms with E-state index < -0.39 is 11.9 Å². The number of carbonyl (C=O) groups excluding carboxylic acids is 3. The number of methoxy groups -OCH3 is 1. The van der Waals surface area contributed by atoms with Gasteiger partial charge in [0.15, 0.2) is 5.78 Å². The highest BCUT2D eigenvalue weighted by Gasteiger charge is 2.28. The number of benzene rings is 3. The number of piperidine rings is 2. The van der Waals surface area contributed by atoms with E-state index in [0.717, 1.165) is 66.3 Å². The van der Waals surface area contributed by atoms with Crippen LogP contribution in [0.5, 0.6) is 0 Å². The number of rotatable bonds is 20. The van der Waals surface area contributed by atoms with E-state index in [4.69, 9.17) is 22.1 Å². The van der Waals surface area contributed by atoms with Crippen LogP contribution >= 0.6 is 11.6 Å². The smallest absolute Gasteiger partial charge is 0.239 e. The molecule has 4 aromatic rings. The number of primary amides is 1. The van der Waals surface area contributed by atoms with Crippen LogP contribution in [0.3, 0.4) is 0 Å². The minimum absolute atomic E-state index is 0.126. The Morgan fingerprint density at radius 2 is 1.59 bits per heavy atom. The Morgan fingerprint density at radius 1 is 0.918 bits per heavy atom. The highest BCUT2D eigenvalue weighted by Crippen LogP contribution is 2.39. The molecular weight excluding hydrogens is 930 g/mol. The molecule has 3 aliphatic rings. The highest BCUT2D eigenvalue weighted by molar-refractivity contribution is 6.31. The molecule has 0 saturated carbocycles. The van der Waals surface area contributed by atoms with E-state index in [0.29, 0.717) is 36.4 Å². The predicted octanol–water partition coefficient (Wildman–Crippen LogP) is 13.4. The summed E-state index contributed by atoms with van der Waals surface area (Å²) in [4.78, 5) is 45.3. The van der Waals surface area contributed by atoms with Gasteiger partial charge in [0, 0.05) is 66.9 Å². The lowest BCUT2D eigenvalue weighted by atomic mass is 9.87. The summed E-state index contributed by atoms with van der Waals surface area (Å²) in [5.41, 5.74) is 17.4. The monoisotopic (exact) mass is 1020 g/mol. The first-order valence-electron chi connectivity index (χ1n) is 27.3. The number of carbonyl (C=O) groups is 3. The van der Waals surface area contributed by atoms with Gasteiger partial charge in [0.1, 0.15) is 18.5 Å². The van der Waals surface area contributed by atoms with Crippen LogP contribution < -0.4 is 21.3 Å². The van der Waals surface area contributed by atoms with Gasteiger partial charge in [0.05, 0.1) is 18.0 Å². The summed E-state index contributed by atoms with van der Waals surface area (Å²) in [5.74, 6) is 1.17. The van der Waals surface area contributed by atoms with Gasteiger partial charge in [-0.25, -0.2) is 0 Å². The third-order valence-electron chi connectivity index (χ3n) is 14.7. The number of nitrogens with two attached hydrogens (primary N) is 1. The number of hydrogen-bond acceptors (Lipinski definition) is 10. The number of nitrogens with zero attached hydrogens (tertiary/aromatic N) is 4. The van der Waals surface area contributed by atoms with Gasteiger partial charge in [-0.15, -0.1) is 0 Å². The predicted molar refractivity (Wildman–Crippen MR) is 308 cm³/mol. The number of fused-ring (bicyclic) bond motifs is 1. The lowest BCUT2D eigenvalue weighted by Crippen LogP contribution is -2.40. The van der Waals surface area contributed by atoms with Gasteiger partial charge < -0.3 is 35.7 Å². The van der Waals surface area contributed by atoms with E-state index in [1.807, 2.05) is 51.2 Å². The van der Waals surface area contributed by atoms with E-state index in [-0.39, 0.29) is 11.9 Å². The summed E-state index contributed by atoms with van der Waals surface area (Å²) in [5, 5.41) is 7.13. The lowest BCUT2D eigenvalue weighted by Gasteiger charge is -2.37. The zero-order valence-corrected chi connectivity index (χ0v) is 47.1. The Labute approximate surface area is 445 Å². The fraction of sp³-hybridized carbons (Fsp3) is 0.541. The van der Waals surface area contributed by atoms with E-state index in [1.54, 1.807) is 20.1 Å². The van der Waals surface area contributed by atoms with Crippen LogP contribution in [-0.2, 0) is 14.3 Å². The van der Waals surface area contributed by atoms with Crippen molar-refractivity contribution < 1.29 is 19.1 Å². The van der Waals surface area contributed by atoms with E-state index in [1.165, 1.54) is 98.1 Å². The number of aryl methyl sites for hydroxylation is 2. The minimum atomic E-state index is -0.557. The van der Waals surface area contributed by atoms with Gasteiger partial charge in [-0.2, -0.15) is 0 Å². The van der Waals surface area contributed by atoms with Gasteiger partial charge in [-0.05, 0) is 170 Å². The van der Waals surface area contributed by atoms with Gasteiger partial charge in [-0.1, -0.05) is 107 Å². The maximum atomic E-state index is 11.6. The number of nitrogens with one attached hydrogen (secondary N) is 2. The molecule has 1 aromatic heterocycles. The fourth-order valence-corrected chi connectivity index (χ4v) is 10.4. The van der Waals surface area contributed by atoms with Gasteiger partial charge in [0.25, 0.3) is 0 Å². The molecule has 3 aliphatic heterocycles. The summed E-state index contributed by atoms with van der Waals surface area (Å²) >= 11 is 5.97. The van der Waals surface area contributed by atoms with Crippen LogP contribution in [0.1, 0.15) is 158 Å². The van der Waals surface area contributed by atoms with E-state index in [2.05, 4.69) is 114 Å². The maximum Gasteiger partial charge on any atom is 0.239 e. The molecule has 0 aliphatic carbocycles. The van der Waals surface area contributed by atoms with Crippen molar-refractivity contribution in [2.75, 3.05) is 69.0 Å². The zero-order chi connectivity index (χ0) is 53.5. The molecule has 2 fully saturated rings. The first-order valence-corrected chi connectivity index (χ1v) is 27.6. The van der Waals surface area contributed by atoms with Gasteiger partial charge in [-0.3, -0.25) is 19.5 Å². The summed E-state index contributed by atoms with van der Waals surface area (Å²) in [6.45, 7) is 25.7. The number of aromatic nitrogens is 1. The van der Waals surface area contributed by atoms with Crippen molar-refractivity contribution in [3.63, 3.8) is 0 Å². The van der Waals surface area contributed by atoms with Crippen LogP contribution in [0.15, 0.2) is 78.5 Å². The van der Waals surface area contributed by atoms with Crippen LogP contribution in [0.4, 0.5) is 17.1 Å². The van der Waals surface area contributed by atoms with E-state index >= 15 is 0 Å². The number of likely N-dealkylation sites (N-methyl/N-ethyl adjacent to an activating group) is 1. The Morgan fingerprint density at radius 3 is 2.18 bits per heavy atom. The van der Waals surface area contributed by atoms with Gasteiger partial charge >= 0.3 is 0 Å². The second-order valence-electron chi connectivity index (χ2n) is 20.0. The molecule has 12 heteroatoms. The number of halogens is 1. The highest BCUT2D eigenvalue weighted by atomic mass is 35.5. The zero-order valence-electron chi connectivity index (χ0n) is 46.4. The molecule has 3 atom stereocenters. The van der Waals surface area contributed by atoms with Crippen molar-refractivity contribution >= 4 is 52.7 Å². The van der Waals surface area contributed by atoms with Crippen molar-refractivity contribution in [2.45, 2.75) is 157 Å². The quantitative estimate of drug-likeness (QED) is 0.0580. The van der Waals surface area contributed by atoms with Crippen LogP contribution in [0, 0.1) is 19.8 Å². The lowest BCUT2D eigenvalue weighted by molar-refractivity contribution is -0.119. The average Bonchev–Trinajstić information content (AvgIpc) is 3.71. The molecule has 0 bridgehead atoms. The van der Waals surface area contributed by atoms with E-state index in [9.17, 15) is 14.4 Å². The molecule has 11 nitrogen and oxygen atoms in total. The molecule has 400 valence electrons. The largest absolute Gasteiger partial charge is 0.381 e. The van der Waals surface area contributed by atoms with Crippen molar-refractivity contribution in [1.82, 2.24) is 14.8 Å². The number of ketones is 1. The summed E-state index contributed by atoms with van der Waals surface area (Å²) in [6, 6.07) is 22.2. The van der Waals surface area contributed by atoms with Crippen molar-refractivity contribution in [1.29, 1.82) is 0 Å². The summed E-state index contributed by atoms with van der Waals surface area (Å²) < 4.78 is 5.40. The Balaban J connectivity index is 0.000000287. The summed E-state index contributed by atoms with van der Waals surface area (Å²) in [7, 11) is 3.85. The Kier molecular flexibility index (Phi) is 26.2. The maximum absolute atomic E-state index is 11.6. The minimum Gasteiger partial charge on any atom is -0.381 e. The number of Topliss-reactive ketones (excluding diaryl/α,β-unsaturated/α-hetero) is 1. The molecule has 4 N–H and O–H groups in total. The third kappa shape index (κ3) is 18.4. The average molecular weight is 1020 g/mol. The molecule has 4 heterocycles. The fourth-order valence-electron chi connectivity index (χ4n) is 10.2. The topological polar surface area (TPSA) is 133 Å². The van der Waals surface area contributed by atoms with Gasteiger partial charge in [0.2, 0.25) is 5.91 Å². The molecule has 2 saturated heterocycles. The van der Waals surface area contributed by atoms with Crippen molar-refractivity contribution in [3.8, 4) is 11.1 Å². The van der Waals surface area contributed by atoms with Crippen LogP contribution in [0.2, 0.25) is 5.02 Å². The Bertz CT molecular complexity index is 2340. The number of ether oxygens (including phenoxy) is 1. The molecule has 3 unspecified atom stereocenters. The normalized spacial score (nSPS) is 16.9. The Hall–Kier alpha value is -5.07. The molecule has 73 heavy (non-hydrogen) atoms. The molecule has 0 radical (unpaired) electrons. The number of likely N-dealkylation sites (tertiary alicyclic amines) is 2. The third-order valence-corrected chi connectivity index (χ3v) is 15.1. The van der Waals surface area contributed by atoms with Crippen LogP contribution in [-0.4, -0.2) is 104 Å². The summed E-state index contributed by atoms with van der Waals surface area (Å²) in [6.07, 6.45) is 18.0. The number of aldehydes is 1. The molecule has 0 spiro atoms. The molecule has 1 amide bonds. The molecule has 3 aromatic carbocycles. The number of pyridine rings is 1. The molecule has 7 rings (SSSR count). The molecular formula is C61H90ClN7O4. The number of anilines is 3. The second kappa shape index (κ2) is 31.6. The van der Waals surface area contributed by atoms with Crippen LogP contribution in [0.25, 0.3) is 17.2 Å². The van der Waals surface area contributed by atoms with Crippen molar-refractivity contribution in [2.24, 2.45) is 11.7 Å².